The number of hydrogen-bond donors (Lipinski definition) is 4. The van der Waals surface area contributed by atoms with Crippen molar-refractivity contribution in [3.05, 3.63) is 174 Å². The molecule has 2 aromatic heterocycles. The molecule has 2 unspecified atom stereocenters. The maximum atomic E-state index is 13.4. The molecule has 15 heteroatoms. The van der Waals surface area contributed by atoms with Crippen LogP contribution >= 0.6 is 0 Å². The molecule has 0 aliphatic rings. The smallest absolute Gasteiger partial charge is 0.294 e. The third-order valence-corrected chi connectivity index (χ3v) is 10.9. The van der Waals surface area contributed by atoms with Gasteiger partial charge in [0.1, 0.15) is 30.7 Å². The quantitative estimate of drug-likeness (QED) is 0.0410. The minimum atomic E-state index is -0.855. The van der Waals surface area contributed by atoms with Gasteiger partial charge in [-0.05, 0) is 79.4 Å². The number of benzene rings is 4. The summed E-state index contributed by atoms with van der Waals surface area (Å²) in [6, 6.07) is 36.5. The zero-order valence-corrected chi connectivity index (χ0v) is 37.7. The van der Waals surface area contributed by atoms with Crippen molar-refractivity contribution < 1.29 is 38.0 Å². The van der Waals surface area contributed by atoms with Gasteiger partial charge in [0, 0.05) is 68.5 Å². The molecule has 0 fully saturated rings. The highest BCUT2D eigenvalue weighted by Gasteiger charge is 2.31. The van der Waals surface area contributed by atoms with E-state index in [1.54, 1.807) is 61.9 Å². The Morgan fingerprint density at radius 1 is 0.716 bits per heavy atom. The van der Waals surface area contributed by atoms with Gasteiger partial charge in [0.25, 0.3) is 11.8 Å². The number of hydrogen-bond acceptors (Lipinski definition) is 11. The maximum Gasteiger partial charge on any atom is 0.294 e. The first-order chi connectivity index (χ1) is 32.7. The normalized spacial score (nSPS) is 11.9. The second-order valence-corrected chi connectivity index (χ2v) is 15.2. The van der Waals surface area contributed by atoms with E-state index in [1.807, 2.05) is 84.9 Å². The van der Waals surface area contributed by atoms with Crippen LogP contribution in [0.25, 0.3) is 11.1 Å². The van der Waals surface area contributed by atoms with Crippen molar-refractivity contribution in [1.29, 1.82) is 0 Å². The zero-order chi connectivity index (χ0) is 48.0. The number of aromatic nitrogens is 1. The molecule has 0 spiro atoms. The maximum absolute atomic E-state index is 13.4. The Morgan fingerprint density at radius 2 is 1.40 bits per heavy atom. The third kappa shape index (κ3) is 13.5. The molecule has 4 N–H and O–H groups in total. The van der Waals surface area contributed by atoms with Crippen LogP contribution in [0.2, 0.25) is 0 Å². The molecule has 0 aliphatic carbocycles. The molecule has 4 amide bonds. The number of carbonyl (C=O) groups excluding carboxylic acids is 7. The predicted octanol–water partition coefficient (Wildman–Crippen LogP) is 6.86. The average molecular weight is 906 g/mol. The van der Waals surface area contributed by atoms with Gasteiger partial charge in [0.05, 0.1) is 11.8 Å². The summed E-state index contributed by atoms with van der Waals surface area (Å²) in [5.41, 5.74) is 5.02. The van der Waals surface area contributed by atoms with Crippen molar-refractivity contribution in [3.63, 3.8) is 0 Å². The van der Waals surface area contributed by atoms with Gasteiger partial charge in [-0.25, -0.2) is 0 Å². The fourth-order valence-corrected chi connectivity index (χ4v) is 7.35. The molecule has 0 saturated heterocycles. The van der Waals surface area contributed by atoms with Gasteiger partial charge in [0.2, 0.25) is 11.8 Å². The summed E-state index contributed by atoms with van der Waals surface area (Å²) in [6.07, 6.45) is 8.37. The Hall–Kier alpha value is -8.04. The van der Waals surface area contributed by atoms with E-state index < -0.39 is 35.8 Å². The Balaban J connectivity index is 0.000000259. The first-order valence-corrected chi connectivity index (χ1v) is 21.8. The Bertz CT molecular complexity index is 2520. The number of amides is 4. The van der Waals surface area contributed by atoms with Gasteiger partial charge in [-0.3, -0.25) is 33.9 Å². The number of aldehydes is 3. The molecule has 0 radical (unpaired) electrons. The third-order valence-electron chi connectivity index (χ3n) is 10.9. The second kappa shape index (κ2) is 26.1. The SMILES string of the molecule is CNC(=O)C(CCC=O)N(C)C(=O)c1c(C=O)cccc1NCCCCNC(=O)C(NC)c1ccccc1.O=C[C@@H](c1cccnc1)N(C(=O)c1ccco1)c1ccc(-c2ccccc2)cc1. The molecular weight excluding hydrogens is 851 g/mol. The van der Waals surface area contributed by atoms with E-state index in [1.165, 1.54) is 30.2 Å². The fraction of sp³-hybridized carbons (Fsp3) is 0.231. The predicted molar refractivity (Wildman–Crippen MR) is 256 cm³/mol. The molecule has 0 saturated carbocycles. The van der Waals surface area contributed by atoms with E-state index in [0.29, 0.717) is 55.4 Å². The number of likely N-dealkylation sites (N-methyl/N-ethyl adjacent to an activating group) is 3. The topological polar surface area (TPSA) is 200 Å². The van der Waals surface area contributed by atoms with Gasteiger partial charge in [-0.1, -0.05) is 91.0 Å². The van der Waals surface area contributed by atoms with Crippen molar-refractivity contribution >= 4 is 53.9 Å². The molecule has 3 atom stereocenters. The number of unbranched alkanes of at least 4 members (excludes halogenated alkanes) is 1. The van der Waals surface area contributed by atoms with Crippen LogP contribution < -0.4 is 26.2 Å². The van der Waals surface area contributed by atoms with Crippen molar-refractivity contribution in [2.75, 3.05) is 44.4 Å². The number of nitrogens with zero attached hydrogens (tertiary/aromatic N) is 3. The van der Waals surface area contributed by atoms with Gasteiger partial charge in [-0.2, -0.15) is 0 Å². The highest BCUT2D eigenvalue weighted by atomic mass is 16.3. The minimum Gasteiger partial charge on any atom is -0.459 e. The lowest BCUT2D eigenvalue weighted by Gasteiger charge is -2.28. The number of furan rings is 1. The Labute approximate surface area is 390 Å². The lowest BCUT2D eigenvalue weighted by Crippen LogP contribution is -2.47. The molecule has 346 valence electrons. The lowest BCUT2D eigenvalue weighted by molar-refractivity contribution is -0.125. The highest BCUT2D eigenvalue weighted by Crippen LogP contribution is 2.30. The van der Waals surface area contributed by atoms with Crippen molar-refractivity contribution in [2.45, 2.75) is 43.8 Å². The molecular formula is C52H55N7O8. The summed E-state index contributed by atoms with van der Waals surface area (Å²) in [6.45, 7) is 0.985. The van der Waals surface area contributed by atoms with Crippen LogP contribution in [0.4, 0.5) is 11.4 Å². The molecule has 4 aromatic carbocycles. The number of anilines is 2. The summed E-state index contributed by atoms with van der Waals surface area (Å²) >= 11 is 0. The molecule has 6 rings (SSSR count). The summed E-state index contributed by atoms with van der Waals surface area (Å²) < 4.78 is 5.30. The van der Waals surface area contributed by atoms with Crippen molar-refractivity contribution in [3.8, 4) is 11.1 Å². The van der Waals surface area contributed by atoms with E-state index >= 15 is 0 Å². The van der Waals surface area contributed by atoms with E-state index in [-0.39, 0.29) is 35.6 Å². The molecule has 2 heterocycles. The number of nitrogens with one attached hydrogen (secondary N) is 4. The number of pyridine rings is 1. The molecule has 67 heavy (non-hydrogen) atoms. The van der Waals surface area contributed by atoms with Gasteiger partial charge in [0.15, 0.2) is 12.0 Å². The van der Waals surface area contributed by atoms with E-state index in [4.69, 9.17) is 4.42 Å². The first kappa shape index (κ1) is 50.0. The average Bonchev–Trinajstić information content (AvgIpc) is 3.93. The number of rotatable bonds is 22. The van der Waals surface area contributed by atoms with Crippen LogP contribution in [0.15, 0.2) is 150 Å². The fourth-order valence-electron chi connectivity index (χ4n) is 7.35. The monoisotopic (exact) mass is 905 g/mol. The van der Waals surface area contributed by atoms with Crippen molar-refractivity contribution in [1.82, 2.24) is 25.8 Å². The summed E-state index contributed by atoms with van der Waals surface area (Å²) in [5, 5.41) is 11.7. The van der Waals surface area contributed by atoms with Gasteiger partial charge < -0.3 is 40.2 Å². The molecule has 0 bridgehead atoms. The largest absolute Gasteiger partial charge is 0.459 e. The van der Waals surface area contributed by atoms with Crippen molar-refractivity contribution in [2.24, 2.45) is 0 Å². The summed E-state index contributed by atoms with van der Waals surface area (Å²) in [7, 11) is 4.68. The van der Waals surface area contributed by atoms with Crippen LogP contribution in [0, 0.1) is 0 Å². The minimum absolute atomic E-state index is 0.110. The highest BCUT2D eigenvalue weighted by molar-refractivity contribution is 6.08. The Morgan fingerprint density at radius 3 is 2.01 bits per heavy atom. The molecule has 0 aliphatic heterocycles. The van der Waals surface area contributed by atoms with E-state index in [9.17, 15) is 33.6 Å². The zero-order valence-electron chi connectivity index (χ0n) is 37.7. The van der Waals surface area contributed by atoms with Crippen LogP contribution in [-0.2, 0) is 19.2 Å². The molecule has 15 nitrogen and oxygen atoms in total. The van der Waals surface area contributed by atoms with Crippen LogP contribution in [0.1, 0.15) is 80.2 Å². The van der Waals surface area contributed by atoms with Crippen LogP contribution in [0.5, 0.6) is 0 Å². The number of carbonyl (C=O) groups is 7. The molecule has 6 aromatic rings. The second-order valence-electron chi connectivity index (χ2n) is 15.2. The standard InChI is InChI=1S/C28H37N5O5.C24H18N2O3/c1-29-25(20-11-5-4-6-12-20)27(37)32-17-8-7-16-31-22-14-9-13-21(19-35)24(22)28(38)33(3)23(15-10-18-34)26(36)30-2;27-17-22(20-8-4-14-25-16-20)26(24(28)23-9-5-15-29-23)21-12-10-19(11-13-21)18-6-2-1-3-7-18/h4-6,9,11-14,18-19,23,25,29,31H,7-8,10,15-17H2,1-3H3,(H,30,36)(H,32,37);1-17,22H/t;22-/m.0/s1. The lowest BCUT2D eigenvalue weighted by atomic mass is 10.0. The van der Waals surface area contributed by atoms with E-state index in [2.05, 4.69) is 26.3 Å². The summed E-state index contributed by atoms with van der Waals surface area (Å²) in [4.78, 5) is 92.9. The van der Waals surface area contributed by atoms with Crippen LogP contribution in [-0.4, -0.2) is 92.6 Å². The van der Waals surface area contributed by atoms with Gasteiger partial charge in [-0.15, -0.1) is 0 Å². The first-order valence-electron chi connectivity index (χ1n) is 21.8. The van der Waals surface area contributed by atoms with Crippen LogP contribution in [0.3, 0.4) is 0 Å². The Kier molecular flexibility index (Phi) is 19.4. The van der Waals surface area contributed by atoms with Gasteiger partial charge >= 0.3 is 0 Å². The summed E-state index contributed by atoms with van der Waals surface area (Å²) in [5.74, 6) is -1.24. The van der Waals surface area contributed by atoms with E-state index in [0.717, 1.165) is 23.0 Å².